The number of carbonyl (C=O) groups is 1. The Kier molecular flexibility index (Phi) is 7.71. The highest BCUT2D eigenvalue weighted by Crippen LogP contribution is 2.26. The van der Waals surface area contributed by atoms with E-state index >= 15 is 0 Å². The van der Waals surface area contributed by atoms with E-state index in [2.05, 4.69) is 48.6 Å². The highest BCUT2D eigenvalue weighted by atomic mass is 16.3. The molecule has 4 rings (SSSR count). The molecule has 0 aliphatic carbocycles. The van der Waals surface area contributed by atoms with Crippen LogP contribution in [0.1, 0.15) is 35.6 Å². The van der Waals surface area contributed by atoms with Crippen LogP contribution in [0.5, 0.6) is 0 Å². The molecule has 0 radical (unpaired) electrons. The van der Waals surface area contributed by atoms with E-state index in [0.717, 1.165) is 31.7 Å². The fourth-order valence-electron chi connectivity index (χ4n) is 3.51. The van der Waals surface area contributed by atoms with Gasteiger partial charge in [0.1, 0.15) is 0 Å². The zero-order chi connectivity index (χ0) is 20.3. The molecule has 1 saturated heterocycles. The summed E-state index contributed by atoms with van der Waals surface area (Å²) in [6.07, 6.45) is 8.13. The van der Waals surface area contributed by atoms with E-state index in [9.17, 15) is 0 Å². The maximum absolute atomic E-state index is 8.36. The van der Waals surface area contributed by atoms with E-state index in [0.29, 0.717) is 11.9 Å². The molecule has 1 aliphatic rings. The number of rotatable bonds is 6. The lowest BCUT2D eigenvalue weighted by atomic mass is 9.95. The molecule has 1 fully saturated rings. The number of benzene rings is 1. The molecule has 3 aromatic rings. The van der Waals surface area contributed by atoms with Crippen molar-refractivity contribution >= 4 is 12.4 Å². The van der Waals surface area contributed by atoms with Crippen LogP contribution in [0.25, 0.3) is 0 Å². The summed E-state index contributed by atoms with van der Waals surface area (Å²) in [6, 6.07) is 12.4. The molecule has 8 heteroatoms. The van der Waals surface area contributed by atoms with Crippen molar-refractivity contribution in [1.29, 1.82) is 0 Å². The third kappa shape index (κ3) is 6.39. The van der Waals surface area contributed by atoms with Gasteiger partial charge in [0.2, 0.25) is 5.95 Å². The van der Waals surface area contributed by atoms with Crippen molar-refractivity contribution < 1.29 is 9.90 Å². The predicted octanol–water partition coefficient (Wildman–Crippen LogP) is 2.89. The van der Waals surface area contributed by atoms with Gasteiger partial charge < -0.3 is 10.4 Å². The summed E-state index contributed by atoms with van der Waals surface area (Å²) < 4.78 is 0. The fraction of sp³-hybridized carbons (Fsp3) is 0.333. The molecule has 1 atom stereocenters. The molecule has 29 heavy (non-hydrogen) atoms. The number of hydrogen-bond donors (Lipinski definition) is 3. The highest BCUT2D eigenvalue weighted by Gasteiger charge is 2.22. The molecule has 2 aromatic heterocycles. The van der Waals surface area contributed by atoms with Gasteiger partial charge in [-0.15, -0.1) is 0 Å². The Labute approximate surface area is 170 Å². The Morgan fingerprint density at radius 3 is 2.62 bits per heavy atom. The Balaban J connectivity index is 0.000000755. The van der Waals surface area contributed by atoms with Crippen LogP contribution in [0.4, 0.5) is 5.95 Å². The van der Waals surface area contributed by atoms with Gasteiger partial charge in [-0.2, -0.15) is 5.10 Å². The number of nitrogens with one attached hydrogen (secondary N) is 2. The maximum atomic E-state index is 8.36. The Morgan fingerprint density at radius 1 is 1.17 bits per heavy atom. The second-order valence-electron chi connectivity index (χ2n) is 6.95. The first-order valence-electron chi connectivity index (χ1n) is 9.66. The summed E-state index contributed by atoms with van der Waals surface area (Å²) in [6.45, 7) is 3.55. The molecular formula is C21H26N6O2. The molecule has 0 saturated carbocycles. The molecule has 0 bridgehead atoms. The summed E-state index contributed by atoms with van der Waals surface area (Å²) in [5.41, 5.74) is 3.62. The number of aromatic nitrogens is 4. The first kappa shape index (κ1) is 20.5. The molecule has 0 spiro atoms. The first-order chi connectivity index (χ1) is 14.3. The van der Waals surface area contributed by atoms with Crippen molar-refractivity contribution in [3.8, 4) is 0 Å². The largest absolute Gasteiger partial charge is 0.483 e. The lowest BCUT2D eigenvalue weighted by Crippen LogP contribution is -2.34. The minimum atomic E-state index is -0.250. The number of anilines is 1. The number of nitrogens with zero attached hydrogens (tertiary/aromatic N) is 4. The fourth-order valence-corrected chi connectivity index (χ4v) is 3.51. The number of aromatic amines is 1. The molecule has 8 nitrogen and oxygen atoms in total. The van der Waals surface area contributed by atoms with Crippen LogP contribution in [-0.4, -0.2) is 49.7 Å². The second-order valence-corrected chi connectivity index (χ2v) is 6.95. The van der Waals surface area contributed by atoms with E-state index in [4.69, 9.17) is 9.90 Å². The summed E-state index contributed by atoms with van der Waals surface area (Å²) in [5.74, 6) is 1.21. The molecule has 3 heterocycles. The maximum Gasteiger partial charge on any atom is 0.290 e. The Hall–Kier alpha value is -3.26. The van der Waals surface area contributed by atoms with Crippen molar-refractivity contribution in [2.75, 3.05) is 18.4 Å². The van der Waals surface area contributed by atoms with Gasteiger partial charge in [0.05, 0.1) is 0 Å². The van der Waals surface area contributed by atoms with Crippen molar-refractivity contribution in [2.45, 2.75) is 31.8 Å². The van der Waals surface area contributed by atoms with Crippen LogP contribution in [0, 0.1) is 0 Å². The summed E-state index contributed by atoms with van der Waals surface area (Å²) in [4.78, 5) is 19.8. The smallest absolute Gasteiger partial charge is 0.290 e. The predicted molar refractivity (Wildman–Crippen MR) is 110 cm³/mol. The lowest BCUT2D eigenvalue weighted by Gasteiger charge is -2.32. The minimum absolute atomic E-state index is 0.250. The molecule has 152 valence electrons. The SMILES string of the molecule is O=CO.c1ccc(CNc2ncc(CN3CCCC(c4ccn[nH]4)C3)cn2)cc1. The van der Waals surface area contributed by atoms with E-state index in [1.807, 2.05) is 36.8 Å². The zero-order valence-electron chi connectivity index (χ0n) is 16.2. The topological polar surface area (TPSA) is 107 Å². The van der Waals surface area contributed by atoms with Gasteiger partial charge in [-0.05, 0) is 31.0 Å². The van der Waals surface area contributed by atoms with Gasteiger partial charge >= 0.3 is 0 Å². The molecule has 1 unspecified atom stereocenters. The van der Waals surface area contributed by atoms with Crippen LogP contribution in [0.3, 0.4) is 0 Å². The van der Waals surface area contributed by atoms with Gasteiger partial charge in [0.15, 0.2) is 0 Å². The van der Waals surface area contributed by atoms with Gasteiger partial charge in [0.25, 0.3) is 6.47 Å². The van der Waals surface area contributed by atoms with E-state index in [1.165, 1.54) is 24.1 Å². The van der Waals surface area contributed by atoms with Crippen molar-refractivity contribution in [3.05, 3.63) is 71.8 Å². The Morgan fingerprint density at radius 2 is 1.93 bits per heavy atom. The standard InChI is InChI=1S/C20H24N6.CH2O2/c1-2-5-16(6-3-1)11-21-20-22-12-17(13-23-20)14-26-10-4-7-18(15-26)19-8-9-24-25-19;2-1-3/h1-3,5-6,8-9,12-13,18H,4,7,10-11,14-15H2,(H,24,25)(H,21,22,23);1H,(H,2,3). The number of H-pyrrole nitrogens is 1. The third-order valence-electron chi connectivity index (χ3n) is 4.87. The van der Waals surface area contributed by atoms with Gasteiger partial charge in [-0.25, -0.2) is 9.97 Å². The first-order valence-corrected chi connectivity index (χ1v) is 9.66. The van der Waals surface area contributed by atoms with Crippen LogP contribution >= 0.6 is 0 Å². The summed E-state index contributed by atoms with van der Waals surface area (Å²) in [7, 11) is 0. The van der Waals surface area contributed by atoms with E-state index < -0.39 is 0 Å². The number of carboxylic acid groups (broad SMARTS) is 1. The third-order valence-corrected chi connectivity index (χ3v) is 4.87. The summed E-state index contributed by atoms with van der Waals surface area (Å²) in [5, 5.41) is 17.4. The average Bonchev–Trinajstić information content (AvgIpc) is 3.30. The Bertz CT molecular complexity index is 839. The second kappa shape index (κ2) is 10.9. The quantitative estimate of drug-likeness (QED) is 0.552. The zero-order valence-corrected chi connectivity index (χ0v) is 16.2. The van der Waals surface area contributed by atoms with Crippen molar-refractivity contribution in [3.63, 3.8) is 0 Å². The highest BCUT2D eigenvalue weighted by molar-refractivity contribution is 5.32. The van der Waals surface area contributed by atoms with Crippen LogP contribution in [-0.2, 0) is 17.9 Å². The van der Waals surface area contributed by atoms with Gasteiger partial charge in [-0.3, -0.25) is 14.8 Å². The molecular weight excluding hydrogens is 368 g/mol. The number of likely N-dealkylation sites (tertiary alicyclic amines) is 1. The van der Waals surface area contributed by atoms with Crippen molar-refractivity contribution in [1.82, 2.24) is 25.1 Å². The van der Waals surface area contributed by atoms with Crippen LogP contribution < -0.4 is 5.32 Å². The van der Waals surface area contributed by atoms with Gasteiger partial charge in [-0.1, -0.05) is 30.3 Å². The molecule has 1 aliphatic heterocycles. The summed E-state index contributed by atoms with van der Waals surface area (Å²) >= 11 is 0. The van der Waals surface area contributed by atoms with Gasteiger partial charge in [0, 0.05) is 55.4 Å². The number of hydrogen-bond acceptors (Lipinski definition) is 6. The van der Waals surface area contributed by atoms with Crippen LogP contribution in [0.2, 0.25) is 0 Å². The molecule has 1 aromatic carbocycles. The molecule has 0 amide bonds. The normalized spacial score (nSPS) is 16.5. The van der Waals surface area contributed by atoms with Crippen LogP contribution in [0.15, 0.2) is 55.0 Å². The van der Waals surface area contributed by atoms with Crippen molar-refractivity contribution in [2.24, 2.45) is 0 Å². The monoisotopic (exact) mass is 394 g/mol. The minimum Gasteiger partial charge on any atom is -0.483 e. The van der Waals surface area contributed by atoms with E-state index in [1.54, 1.807) is 0 Å². The lowest BCUT2D eigenvalue weighted by molar-refractivity contribution is -0.122. The van der Waals surface area contributed by atoms with E-state index in [-0.39, 0.29) is 6.47 Å². The average molecular weight is 394 g/mol. The number of piperidine rings is 1. The molecule has 3 N–H and O–H groups in total.